The summed E-state index contributed by atoms with van der Waals surface area (Å²) in [5.74, 6) is -2.28. The van der Waals surface area contributed by atoms with Crippen LogP contribution in [-0.2, 0) is 9.84 Å². The summed E-state index contributed by atoms with van der Waals surface area (Å²) in [6.07, 6.45) is 0. The molecule has 0 heterocycles. The van der Waals surface area contributed by atoms with Gasteiger partial charge in [-0.3, -0.25) is 0 Å². The van der Waals surface area contributed by atoms with E-state index in [1.165, 1.54) is 0 Å². The molecular formula is C9H9F4NO2S2. The second-order valence-corrected chi connectivity index (χ2v) is 6.57. The molecule has 3 nitrogen and oxygen atoms in total. The number of nitrogens with two attached hydrogens (primary N) is 1. The molecule has 102 valence electrons. The number of thioether (sulfide) groups is 1. The third-order valence-corrected chi connectivity index (χ3v) is 4.66. The number of benzene rings is 1. The molecule has 0 spiro atoms. The van der Waals surface area contributed by atoms with Crippen molar-refractivity contribution in [3.05, 3.63) is 24.0 Å². The van der Waals surface area contributed by atoms with Crippen molar-refractivity contribution in [1.82, 2.24) is 0 Å². The molecule has 0 amide bonds. The van der Waals surface area contributed by atoms with Gasteiger partial charge in [-0.25, -0.2) is 12.8 Å². The third kappa shape index (κ3) is 4.37. The molecular weight excluding hydrogens is 294 g/mol. The number of alkyl halides is 3. The molecule has 9 heteroatoms. The minimum Gasteiger partial charge on any atom is -0.396 e. The summed E-state index contributed by atoms with van der Waals surface area (Å²) in [4.78, 5) is -0.378. The lowest BCUT2D eigenvalue weighted by atomic mass is 10.3. The van der Waals surface area contributed by atoms with Crippen LogP contribution in [0.15, 0.2) is 23.1 Å². The summed E-state index contributed by atoms with van der Waals surface area (Å²) < 4.78 is 71.8. The lowest BCUT2D eigenvalue weighted by molar-refractivity contribution is -0.0326. The van der Waals surface area contributed by atoms with Crippen molar-refractivity contribution < 1.29 is 26.0 Å². The number of rotatable bonds is 4. The van der Waals surface area contributed by atoms with Crippen LogP contribution in [0.4, 0.5) is 23.2 Å². The van der Waals surface area contributed by atoms with Crippen LogP contribution in [0.2, 0.25) is 0 Å². The first-order valence-corrected chi connectivity index (χ1v) is 7.24. The molecule has 0 saturated heterocycles. The van der Waals surface area contributed by atoms with E-state index in [-0.39, 0.29) is 10.6 Å². The number of anilines is 1. The summed E-state index contributed by atoms with van der Waals surface area (Å²) in [7, 11) is -3.94. The largest absolute Gasteiger partial charge is 0.441 e. The van der Waals surface area contributed by atoms with Crippen molar-refractivity contribution in [3.8, 4) is 0 Å². The Morgan fingerprint density at radius 3 is 2.39 bits per heavy atom. The number of halogens is 4. The van der Waals surface area contributed by atoms with Crippen molar-refractivity contribution in [2.45, 2.75) is 10.4 Å². The standard InChI is InChI=1S/C9H9F4NO2S2/c10-7-5-6(1-2-8(7)14)18(15,16)4-3-17-9(11,12)13/h1-2,5H,3-4,14H2. The summed E-state index contributed by atoms with van der Waals surface area (Å²) in [5.41, 5.74) is 0.459. The number of hydrogen-bond acceptors (Lipinski definition) is 4. The van der Waals surface area contributed by atoms with E-state index in [1.54, 1.807) is 0 Å². The molecule has 0 aromatic heterocycles. The highest BCUT2D eigenvalue weighted by molar-refractivity contribution is 8.01. The van der Waals surface area contributed by atoms with Gasteiger partial charge in [-0.15, -0.1) is 0 Å². The molecule has 1 rings (SSSR count). The highest BCUT2D eigenvalue weighted by atomic mass is 32.2. The Bertz CT molecular complexity index is 528. The number of hydrogen-bond donors (Lipinski definition) is 1. The first kappa shape index (κ1) is 15.1. The fourth-order valence-electron chi connectivity index (χ4n) is 1.09. The van der Waals surface area contributed by atoms with Crippen LogP contribution in [-0.4, -0.2) is 25.4 Å². The van der Waals surface area contributed by atoms with Crippen molar-refractivity contribution in [3.63, 3.8) is 0 Å². The van der Waals surface area contributed by atoms with E-state index in [1.807, 2.05) is 0 Å². The van der Waals surface area contributed by atoms with Crippen molar-refractivity contribution >= 4 is 27.3 Å². The summed E-state index contributed by atoms with van der Waals surface area (Å²) in [6.45, 7) is 0. The van der Waals surface area contributed by atoms with Gasteiger partial charge < -0.3 is 5.73 Å². The highest BCUT2D eigenvalue weighted by Gasteiger charge is 2.29. The third-order valence-electron chi connectivity index (χ3n) is 1.95. The molecule has 0 saturated carbocycles. The molecule has 0 aliphatic carbocycles. The van der Waals surface area contributed by atoms with Crippen LogP contribution < -0.4 is 5.73 Å². The van der Waals surface area contributed by atoms with Crippen molar-refractivity contribution in [2.75, 3.05) is 17.2 Å². The van der Waals surface area contributed by atoms with Gasteiger partial charge in [-0.1, -0.05) is 0 Å². The molecule has 1 aromatic carbocycles. The SMILES string of the molecule is Nc1ccc(S(=O)(=O)CCSC(F)(F)F)cc1F. The first-order valence-electron chi connectivity index (χ1n) is 4.60. The van der Waals surface area contributed by atoms with Crippen LogP contribution in [0.1, 0.15) is 0 Å². The maximum atomic E-state index is 13.0. The monoisotopic (exact) mass is 303 g/mol. The quantitative estimate of drug-likeness (QED) is 0.685. The van der Waals surface area contributed by atoms with Gasteiger partial charge in [0.1, 0.15) is 5.82 Å². The Kier molecular flexibility index (Phi) is 4.49. The molecule has 0 radical (unpaired) electrons. The Balaban J connectivity index is 2.77. The number of sulfone groups is 1. The molecule has 2 N–H and O–H groups in total. The average molecular weight is 303 g/mol. The lowest BCUT2D eigenvalue weighted by Crippen LogP contribution is -2.12. The van der Waals surface area contributed by atoms with E-state index in [4.69, 9.17) is 5.73 Å². The molecule has 0 aliphatic heterocycles. The van der Waals surface area contributed by atoms with Gasteiger partial charge in [0, 0.05) is 5.75 Å². The predicted octanol–water partition coefficient (Wildman–Crippen LogP) is 2.43. The topological polar surface area (TPSA) is 60.2 Å². The van der Waals surface area contributed by atoms with Crippen LogP contribution in [0, 0.1) is 5.82 Å². The fourth-order valence-corrected chi connectivity index (χ4v) is 3.32. The molecule has 0 atom stereocenters. The average Bonchev–Trinajstić information content (AvgIpc) is 2.19. The normalized spacial score (nSPS) is 12.7. The van der Waals surface area contributed by atoms with Crippen molar-refractivity contribution in [2.24, 2.45) is 0 Å². The minimum absolute atomic E-state index is 0.224. The molecule has 18 heavy (non-hydrogen) atoms. The summed E-state index contributed by atoms with van der Waals surface area (Å²) in [5, 5.41) is 0. The summed E-state index contributed by atoms with van der Waals surface area (Å²) in [6, 6.07) is 2.81. The van der Waals surface area contributed by atoms with E-state index >= 15 is 0 Å². The van der Waals surface area contributed by atoms with Crippen LogP contribution in [0.3, 0.4) is 0 Å². The van der Waals surface area contributed by atoms with Crippen LogP contribution >= 0.6 is 11.8 Å². The Labute approximate surface area is 105 Å². The van der Waals surface area contributed by atoms with Gasteiger partial charge in [0.25, 0.3) is 0 Å². The van der Waals surface area contributed by atoms with E-state index < -0.39 is 44.4 Å². The maximum absolute atomic E-state index is 13.0. The van der Waals surface area contributed by atoms with Gasteiger partial charge in [0.05, 0.1) is 16.3 Å². The number of nitrogen functional groups attached to an aromatic ring is 1. The van der Waals surface area contributed by atoms with Gasteiger partial charge in [0.15, 0.2) is 9.84 Å². The van der Waals surface area contributed by atoms with Crippen LogP contribution in [0.25, 0.3) is 0 Å². The van der Waals surface area contributed by atoms with E-state index in [0.29, 0.717) is 6.07 Å². The van der Waals surface area contributed by atoms with Crippen molar-refractivity contribution in [1.29, 1.82) is 0 Å². The molecule has 1 aromatic rings. The first-order chi connectivity index (χ1) is 8.12. The summed E-state index contributed by atoms with van der Waals surface area (Å²) >= 11 is -0.435. The fraction of sp³-hybridized carbons (Fsp3) is 0.333. The van der Waals surface area contributed by atoms with Gasteiger partial charge >= 0.3 is 5.51 Å². The molecule has 0 unspecified atom stereocenters. The molecule has 0 fully saturated rings. The molecule has 0 bridgehead atoms. The minimum atomic E-state index is -4.48. The predicted molar refractivity (Wildman–Crippen MR) is 61.4 cm³/mol. The lowest BCUT2D eigenvalue weighted by Gasteiger charge is -2.07. The molecule has 0 aliphatic rings. The Morgan fingerprint density at radius 2 is 1.89 bits per heavy atom. The van der Waals surface area contributed by atoms with E-state index in [2.05, 4.69) is 0 Å². The zero-order valence-corrected chi connectivity index (χ0v) is 10.5. The van der Waals surface area contributed by atoms with Crippen LogP contribution in [0.5, 0.6) is 0 Å². The van der Waals surface area contributed by atoms with Gasteiger partial charge in [-0.05, 0) is 30.0 Å². The maximum Gasteiger partial charge on any atom is 0.441 e. The second-order valence-electron chi connectivity index (χ2n) is 3.30. The second kappa shape index (κ2) is 5.35. The smallest absolute Gasteiger partial charge is 0.396 e. The van der Waals surface area contributed by atoms with Gasteiger partial charge in [-0.2, -0.15) is 13.2 Å². The van der Waals surface area contributed by atoms with E-state index in [9.17, 15) is 26.0 Å². The Hall–Kier alpha value is -0.960. The Morgan fingerprint density at radius 1 is 1.28 bits per heavy atom. The highest BCUT2D eigenvalue weighted by Crippen LogP contribution is 2.30. The zero-order chi connectivity index (χ0) is 14.0. The van der Waals surface area contributed by atoms with Gasteiger partial charge in [0.2, 0.25) is 0 Å². The van der Waals surface area contributed by atoms with E-state index in [0.717, 1.165) is 12.1 Å². The zero-order valence-electron chi connectivity index (χ0n) is 8.87.